The molecule has 9 nitrogen and oxygen atoms in total. The van der Waals surface area contributed by atoms with Gasteiger partial charge in [0.1, 0.15) is 24.5 Å². The van der Waals surface area contributed by atoms with Crippen LogP contribution >= 0.6 is 11.8 Å². The molecule has 3 aromatic rings. The van der Waals surface area contributed by atoms with Gasteiger partial charge in [-0.2, -0.15) is 0 Å². The first kappa shape index (κ1) is 35.7. The van der Waals surface area contributed by atoms with E-state index in [1.54, 1.807) is 12.1 Å². The molecule has 0 saturated carbocycles. The van der Waals surface area contributed by atoms with Crippen LogP contribution in [0.15, 0.2) is 54.6 Å². The fourth-order valence-electron chi connectivity index (χ4n) is 5.52. The lowest BCUT2D eigenvalue weighted by Gasteiger charge is -2.22. The molecule has 3 aromatic carbocycles. The van der Waals surface area contributed by atoms with Gasteiger partial charge in [0.15, 0.2) is 11.5 Å². The van der Waals surface area contributed by atoms with Crippen molar-refractivity contribution in [2.45, 2.75) is 45.1 Å². The van der Waals surface area contributed by atoms with Crippen LogP contribution in [-0.4, -0.2) is 67.9 Å². The second kappa shape index (κ2) is 18.2. The van der Waals surface area contributed by atoms with Crippen LogP contribution in [0, 0.1) is 5.82 Å². The van der Waals surface area contributed by atoms with Crippen LogP contribution in [0.5, 0.6) is 17.2 Å². The molecule has 5 rings (SSSR count). The lowest BCUT2D eigenvalue weighted by Crippen LogP contribution is -2.25. The Kier molecular flexibility index (Phi) is 14.5. The number of hydrogen-bond acceptors (Lipinski definition) is 9. The first-order chi connectivity index (χ1) is 21.8. The van der Waals surface area contributed by atoms with Crippen LogP contribution < -0.4 is 25.3 Å². The van der Waals surface area contributed by atoms with Crippen molar-refractivity contribution in [3.05, 3.63) is 82.7 Å². The van der Waals surface area contributed by atoms with Crippen LogP contribution in [0.1, 0.15) is 54.5 Å². The van der Waals surface area contributed by atoms with Gasteiger partial charge in [-0.05, 0) is 102 Å². The van der Waals surface area contributed by atoms with E-state index in [-0.39, 0.29) is 18.7 Å². The highest BCUT2D eigenvalue weighted by atomic mass is 32.2. The fourth-order valence-corrected chi connectivity index (χ4v) is 5.52. The minimum Gasteiger partial charge on any atom is -0.492 e. The quantitative estimate of drug-likeness (QED) is 0.211. The van der Waals surface area contributed by atoms with E-state index >= 15 is 0 Å². The number of aryl methyl sites for hydroxylation is 2. The predicted molar refractivity (Wildman–Crippen MR) is 178 cm³/mol. The summed E-state index contributed by atoms with van der Waals surface area (Å²) in [4.78, 5) is 22.8. The number of rotatable bonds is 10. The van der Waals surface area contributed by atoms with Crippen molar-refractivity contribution < 1.29 is 33.3 Å². The molecule has 0 unspecified atom stereocenters. The summed E-state index contributed by atoms with van der Waals surface area (Å²) >= 11 is 0.796. The monoisotopic (exact) mass is 641 g/mol. The second-order valence-electron chi connectivity index (χ2n) is 10.4. The Balaban J connectivity index is 0.000000255. The number of carboxylic acid groups (broad SMARTS) is 1. The summed E-state index contributed by atoms with van der Waals surface area (Å²) in [5, 5.41) is 9.98. The zero-order valence-electron chi connectivity index (χ0n) is 26.4. The van der Waals surface area contributed by atoms with E-state index in [9.17, 15) is 14.0 Å². The number of anilines is 1. The van der Waals surface area contributed by atoms with Crippen molar-refractivity contribution in [3.8, 4) is 17.2 Å². The number of carbonyl (C=O) groups excluding carboxylic acids is 1. The average molecular weight is 642 g/mol. The maximum Gasteiger partial charge on any atom is 0.364 e. The number of ether oxygens (including phenoxy) is 3. The molecule has 45 heavy (non-hydrogen) atoms. The normalized spacial score (nSPS) is 16.6. The number of carbonyl (C=O) groups is 2. The van der Waals surface area contributed by atoms with Gasteiger partial charge in [-0.15, -0.1) is 0 Å². The van der Waals surface area contributed by atoms with Gasteiger partial charge in [0, 0.05) is 31.9 Å². The highest BCUT2D eigenvalue weighted by Gasteiger charge is 2.34. The van der Waals surface area contributed by atoms with Crippen LogP contribution in [-0.2, 0) is 17.6 Å². The number of halogens is 1. The third-order valence-electron chi connectivity index (χ3n) is 7.68. The Morgan fingerprint density at radius 3 is 2.27 bits per heavy atom. The van der Waals surface area contributed by atoms with Crippen LogP contribution in [0.2, 0.25) is 0 Å². The third kappa shape index (κ3) is 10.1. The largest absolute Gasteiger partial charge is 0.492 e. The van der Waals surface area contributed by atoms with Gasteiger partial charge in [-0.3, -0.25) is 4.90 Å². The van der Waals surface area contributed by atoms with Crippen molar-refractivity contribution in [3.63, 3.8) is 0 Å². The van der Waals surface area contributed by atoms with Crippen molar-refractivity contribution in [1.82, 2.24) is 4.90 Å². The van der Waals surface area contributed by atoms with Gasteiger partial charge in [-0.25, -0.2) is 9.18 Å². The lowest BCUT2D eigenvalue weighted by atomic mass is 9.93. The number of aldehydes is 1. The number of fused-ring (bicyclic) bond motifs is 1. The molecule has 0 aliphatic carbocycles. The van der Waals surface area contributed by atoms with Gasteiger partial charge in [0.05, 0.1) is 6.54 Å². The molecule has 0 radical (unpaired) electrons. The molecule has 2 aliphatic heterocycles. The van der Waals surface area contributed by atoms with Crippen molar-refractivity contribution in [2.75, 3.05) is 51.7 Å². The van der Waals surface area contributed by atoms with E-state index in [0.29, 0.717) is 25.6 Å². The Bertz CT molecular complexity index is 1370. The van der Waals surface area contributed by atoms with Gasteiger partial charge >= 0.3 is 5.30 Å². The summed E-state index contributed by atoms with van der Waals surface area (Å²) < 4.78 is 29.6. The van der Waals surface area contributed by atoms with Crippen LogP contribution in [0.3, 0.4) is 0 Å². The molecule has 0 amide bonds. The van der Waals surface area contributed by atoms with Crippen LogP contribution in [0.4, 0.5) is 14.9 Å². The summed E-state index contributed by atoms with van der Waals surface area (Å²) in [6.45, 7) is 6.62. The van der Waals surface area contributed by atoms with Crippen molar-refractivity contribution in [1.29, 1.82) is 0 Å². The molecule has 1 fully saturated rings. The van der Waals surface area contributed by atoms with E-state index < -0.39 is 5.30 Å². The Labute approximate surface area is 269 Å². The molecular formula is C34H44FN3O6S. The number of benzene rings is 3. The number of nitrogens with two attached hydrogens (primary N) is 1. The molecule has 4 N–H and O–H groups in total. The standard InChI is InChI=1S/C21H24N2O4.C11H16FN.C2H4O2S/c22-7-10-25-18-4-1-15(2-5-18)19-11-17(13-23(19)8-9-24)16-3-6-20-21(12-16)27-14-26-20;1-4-8-6-10(12)7-9(5-2)11(8)13-3;1-5-2(3)4/h1-6,9,12,17,19H,7-8,10-11,13-14,22H2;6-7,13H,4-5H2,1-3H3;1H3,(H,3,4)/t17-,19-;;/m1../s1. The molecule has 0 spiro atoms. The molecule has 11 heteroatoms. The minimum absolute atomic E-state index is 0.132. The zero-order valence-corrected chi connectivity index (χ0v) is 27.2. The van der Waals surface area contributed by atoms with Gasteiger partial charge in [0.2, 0.25) is 6.79 Å². The highest BCUT2D eigenvalue weighted by Crippen LogP contribution is 2.43. The minimum atomic E-state index is -0.829. The molecule has 0 bridgehead atoms. The molecular weight excluding hydrogens is 597 g/mol. The van der Waals surface area contributed by atoms with Gasteiger partial charge < -0.3 is 35.2 Å². The summed E-state index contributed by atoms with van der Waals surface area (Å²) in [5.41, 5.74) is 11.1. The maximum absolute atomic E-state index is 13.1. The van der Waals surface area contributed by atoms with Crippen LogP contribution in [0.25, 0.3) is 0 Å². The van der Waals surface area contributed by atoms with Gasteiger partial charge in [0.25, 0.3) is 0 Å². The maximum atomic E-state index is 13.1. The molecule has 2 heterocycles. The van der Waals surface area contributed by atoms with E-state index in [2.05, 4.69) is 34.5 Å². The summed E-state index contributed by atoms with van der Waals surface area (Å²) in [6.07, 6.45) is 5.18. The summed E-state index contributed by atoms with van der Waals surface area (Å²) in [7, 11) is 1.88. The summed E-state index contributed by atoms with van der Waals surface area (Å²) in [6, 6.07) is 17.6. The number of nitrogens with zero attached hydrogens (tertiary/aromatic N) is 1. The SMILES string of the molecule is CCc1cc(F)cc(CC)c1NC.CSC(=O)O.NCCOc1ccc([C@H]2C[C@@H](c3ccc4c(c3)OCO4)CN2CC=O)cc1. The number of likely N-dealkylation sites (tertiary alicyclic amines) is 1. The summed E-state index contributed by atoms with van der Waals surface area (Å²) in [5.74, 6) is 2.63. The number of nitrogens with one attached hydrogen (secondary N) is 1. The number of thioether (sulfide) groups is 1. The average Bonchev–Trinajstić information content (AvgIpc) is 3.71. The Morgan fingerprint density at radius 1 is 1.09 bits per heavy atom. The molecule has 2 atom stereocenters. The topological polar surface area (TPSA) is 123 Å². The fraction of sp³-hybridized carbons (Fsp3) is 0.412. The lowest BCUT2D eigenvalue weighted by molar-refractivity contribution is -0.109. The third-order valence-corrected chi connectivity index (χ3v) is 8.03. The van der Waals surface area contributed by atoms with Crippen molar-refractivity contribution in [2.24, 2.45) is 5.73 Å². The smallest absolute Gasteiger partial charge is 0.364 e. The van der Waals surface area contributed by atoms with Gasteiger partial charge in [-0.1, -0.05) is 32.0 Å². The molecule has 2 aliphatic rings. The first-order valence-corrected chi connectivity index (χ1v) is 16.3. The second-order valence-corrected chi connectivity index (χ2v) is 11.2. The Hall–Kier alpha value is -3.80. The Morgan fingerprint density at radius 2 is 1.71 bits per heavy atom. The predicted octanol–water partition coefficient (Wildman–Crippen LogP) is 6.50. The number of hydrogen-bond donors (Lipinski definition) is 3. The van der Waals surface area contributed by atoms with E-state index in [4.69, 9.17) is 25.1 Å². The van der Waals surface area contributed by atoms with E-state index in [0.717, 1.165) is 77.9 Å². The molecule has 0 aromatic heterocycles. The van der Waals surface area contributed by atoms with Crippen molar-refractivity contribution >= 4 is 29.0 Å². The molecule has 244 valence electrons. The van der Waals surface area contributed by atoms with E-state index in [1.807, 2.05) is 39.1 Å². The van der Waals surface area contributed by atoms with E-state index in [1.165, 1.54) is 17.4 Å². The highest BCUT2D eigenvalue weighted by molar-refractivity contribution is 8.12. The molecule has 1 saturated heterocycles. The first-order valence-electron chi connectivity index (χ1n) is 15.0. The zero-order chi connectivity index (χ0) is 32.8.